The number of nitriles is 1. The molecule has 38 heavy (non-hydrogen) atoms. The normalized spacial score (nSPS) is 10.7. The van der Waals surface area contributed by atoms with E-state index in [1.807, 2.05) is 0 Å². The minimum absolute atomic E-state index is 0.0814. The molecule has 0 fully saturated rings. The molecule has 3 aromatic carbocycles. The highest BCUT2D eigenvalue weighted by molar-refractivity contribution is 6.32. The number of non-ortho nitro benzene ring substituents is 1. The summed E-state index contributed by atoms with van der Waals surface area (Å²) in [6.45, 7) is 1.61. The van der Waals surface area contributed by atoms with E-state index < -0.39 is 16.7 Å². The van der Waals surface area contributed by atoms with Crippen molar-refractivity contribution in [3.8, 4) is 17.6 Å². The summed E-state index contributed by atoms with van der Waals surface area (Å²) < 4.78 is 11.2. The van der Waals surface area contributed by atoms with Crippen LogP contribution in [0.1, 0.15) is 12.5 Å². The second-order valence-corrected chi connectivity index (χ2v) is 8.38. The van der Waals surface area contributed by atoms with Crippen LogP contribution >= 0.6 is 23.2 Å². The van der Waals surface area contributed by atoms with Crippen LogP contribution in [0.2, 0.25) is 10.0 Å². The molecule has 0 aliphatic rings. The molecular formula is C26H20Cl2N4O6. The first-order valence-electron chi connectivity index (χ1n) is 11.0. The molecular weight excluding hydrogens is 535 g/mol. The molecule has 3 aromatic rings. The average molecular weight is 555 g/mol. The molecule has 0 saturated carbocycles. The largest absolute Gasteiger partial charge is 0.490 e. The zero-order chi connectivity index (χ0) is 27.7. The standard InChI is InChI=1S/C26H20Cl2N4O6/c1-2-37-23-12-16(10-17(14-29)26(34)31-20-4-3-5-21(13-20)32(35)36)11-22(28)25(23)38-15-24(33)30-19-8-6-18(27)7-9-19/h3-13H,2,15H2,1H3,(H,30,33)(H,31,34)/b17-10+. The average Bonchev–Trinajstić information content (AvgIpc) is 2.88. The summed E-state index contributed by atoms with van der Waals surface area (Å²) in [5.74, 6) is -0.918. The van der Waals surface area contributed by atoms with Crippen LogP contribution in [0.3, 0.4) is 0 Å². The topological polar surface area (TPSA) is 144 Å². The van der Waals surface area contributed by atoms with E-state index in [9.17, 15) is 25.0 Å². The van der Waals surface area contributed by atoms with Gasteiger partial charge in [0.05, 0.1) is 16.6 Å². The van der Waals surface area contributed by atoms with Crippen LogP contribution in [0, 0.1) is 21.4 Å². The van der Waals surface area contributed by atoms with E-state index in [1.54, 1.807) is 37.3 Å². The molecule has 0 aromatic heterocycles. The van der Waals surface area contributed by atoms with Gasteiger partial charge in [-0.2, -0.15) is 5.26 Å². The summed E-state index contributed by atoms with van der Waals surface area (Å²) in [5.41, 5.74) is 0.537. The van der Waals surface area contributed by atoms with Crippen LogP contribution in [0.5, 0.6) is 11.5 Å². The summed E-state index contributed by atoms with van der Waals surface area (Å²) in [6, 6.07) is 16.6. The highest BCUT2D eigenvalue weighted by atomic mass is 35.5. The van der Waals surface area contributed by atoms with Crippen LogP contribution in [0.25, 0.3) is 6.08 Å². The molecule has 12 heteroatoms. The predicted molar refractivity (Wildman–Crippen MR) is 144 cm³/mol. The zero-order valence-corrected chi connectivity index (χ0v) is 21.4. The number of benzene rings is 3. The Labute approximate surface area is 227 Å². The molecule has 10 nitrogen and oxygen atoms in total. The zero-order valence-electron chi connectivity index (χ0n) is 19.9. The number of anilines is 2. The Morgan fingerprint density at radius 1 is 1.05 bits per heavy atom. The number of hydrogen-bond donors (Lipinski definition) is 2. The molecule has 2 amide bonds. The summed E-state index contributed by atoms with van der Waals surface area (Å²) in [6.07, 6.45) is 1.28. The van der Waals surface area contributed by atoms with E-state index in [4.69, 9.17) is 32.7 Å². The molecule has 2 N–H and O–H groups in total. The highest BCUT2D eigenvalue weighted by Gasteiger charge is 2.17. The van der Waals surface area contributed by atoms with Crippen molar-refractivity contribution in [3.63, 3.8) is 0 Å². The van der Waals surface area contributed by atoms with Crippen molar-refractivity contribution in [2.75, 3.05) is 23.8 Å². The lowest BCUT2D eigenvalue weighted by Crippen LogP contribution is -2.20. The molecule has 0 atom stereocenters. The predicted octanol–water partition coefficient (Wildman–Crippen LogP) is 5.86. The van der Waals surface area contributed by atoms with Crippen LogP contribution in [-0.4, -0.2) is 30.0 Å². The molecule has 0 aliphatic carbocycles. The van der Waals surface area contributed by atoms with Crippen LogP contribution in [-0.2, 0) is 9.59 Å². The van der Waals surface area contributed by atoms with Gasteiger partial charge in [-0.3, -0.25) is 19.7 Å². The number of carbonyl (C=O) groups is 2. The van der Waals surface area contributed by atoms with Crippen molar-refractivity contribution in [2.24, 2.45) is 0 Å². The maximum absolute atomic E-state index is 12.6. The Bertz CT molecular complexity index is 1430. The number of ether oxygens (including phenoxy) is 2. The fourth-order valence-electron chi connectivity index (χ4n) is 3.15. The monoisotopic (exact) mass is 554 g/mol. The van der Waals surface area contributed by atoms with Crippen molar-refractivity contribution in [2.45, 2.75) is 6.92 Å². The third-order valence-electron chi connectivity index (χ3n) is 4.80. The van der Waals surface area contributed by atoms with E-state index >= 15 is 0 Å². The van der Waals surface area contributed by atoms with Gasteiger partial charge in [0.15, 0.2) is 18.1 Å². The number of amides is 2. The van der Waals surface area contributed by atoms with Gasteiger partial charge in [0.25, 0.3) is 17.5 Å². The quantitative estimate of drug-likeness (QED) is 0.138. The number of rotatable bonds is 10. The van der Waals surface area contributed by atoms with Gasteiger partial charge in [-0.05, 0) is 61.0 Å². The van der Waals surface area contributed by atoms with Crippen molar-refractivity contribution >= 4 is 58.2 Å². The van der Waals surface area contributed by atoms with Crippen molar-refractivity contribution in [1.29, 1.82) is 5.26 Å². The molecule has 3 rings (SSSR count). The van der Waals surface area contributed by atoms with Gasteiger partial charge < -0.3 is 20.1 Å². The third-order valence-corrected chi connectivity index (χ3v) is 5.33. The molecule has 0 aliphatic heterocycles. The molecule has 0 heterocycles. The first-order valence-corrected chi connectivity index (χ1v) is 11.8. The van der Waals surface area contributed by atoms with Gasteiger partial charge in [-0.15, -0.1) is 0 Å². The van der Waals surface area contributed by atoms with Crippen LogP contribution in [0.15, 0.2) is 66.2 Å². The number of nitrogens with zero attached hydrogens (tertiary/aromatic N) is 2. The second-order valence-electron chi connectivity index (χ2n) is 7.54. The number of carbonyl (C=O) groups excluding carboxylic acids is 2. The van der Waals surface area contributed by atoms with Crippen molar-refractivity contribution in [3.05, 3.63) is 92.0 Å². The van der Waals surface area contributed by atoms with Crippen LogP contribution in [0.4, 0.5) is 17.1 Å². The number of nitrogens with one attached hydrogen (secondary N) is 2. The van der Waals surface area contributed by atoms with Crippen LogP contribution < -0.4 is 20.1 Å². The first kappa shape index (κ1) is 28.0. The maximum atomic E-state index is 12.6. The van der Waals surface area contributed by atoms with Crippen molar-refractivity contribution in [1.82, 2.24) is 0 Å². The second kappa shape index (κ2) is 13.1. The molecule has 0 radical (unpaired) electrons. The Balaban J connectivity index is 1.77. The fourth-order valence-corrected chi connectivity index (χ4v) is 3.55. The minimum Gasteiger partial charge on any atom is -0.490 e. The fraction of sp³-hybridized carbons (Fsp3) is 0.115. The molecule has 0 unspecified atom stereocenters. The lowest BCUT2D eigenvalue weighted by molar-refractivity contribution is -0.384. The Morgan fingerprint density at radius 3 is 2.45 bits per heavy atom. The summed E-state index contributed by atoms with van der Waals surface area (Å²) in [7, 11) is 0. The Hall–Kier alpha value is -4.59. The Kier molecular flexibility index (Phi) is 9.65. The molecule has 0 spiro atoms. The van der Waals surface area contributed by atoms with Gasteiger partial charge >= 0.3 is 0 Å². The lowest BCUT2D eigenvalue weighted by atomic mass is 10.1. The number of halogens is 2. The van der Waals surface area contributed by atoms with E-state index in [1.165, 1.54) is 42.5 Å². The summed E-state index contributed by atoms with van der Waals surface area (Å²) >= 11 is 12.2. The SMILES string of the molecule is CCOc1cc(/C=C(\C#N)C(=O)Nc2cccc([N+](=O)[O-])c2)cc(Cl)c1OCC(=O)Nc1ccc(Cl)cc1. The highest BCUT2D eigenvalue weighted by Crippen LogP contribution is 2.37. The van der Waals surface area contributed by atoms with Gasteiger partial charge in [0, 0.05) is 28.5 Å². The van der Waals surface area contributed by atoms with Gasteiger partial charge in [-0.1, -0.05) is 29.3 Å². The van der Waals surface area contributed by atoms with E-state index in [-0.39, 0.29) is 46.7 Å². The number of nitro benzene ring substituents is 1. The first-order chi connectivity index (χ1) is 18.2. The molecule has 0 bridgehead atoms. The van der Waals surface area contributed by atoms with Gasteiger partial charge in [0.1, 0.15) is 11.6 Å². The molecule has 194 valence electrons. The van der Waals surface area contributed by atoms with Gasteiger partial charge in [-0.25, -0.2) is 0 Å². The smallest absolute Gasteiger partial charge is 0.271 e. The number of hydrogen-bond acceptors (Lipinski definition) is 7. The Morgan fingerprint density at radius 2 is 1.79 bits per heavy atom. The lowest BCUT2D eigenvalue weighted by Gasteiger charge is -2.14. The minimum atomic E-state index is -0.777. The van der Waals surface area contributed by atoms with E-state index in [0.29, 0.717) is 16.3 Å². The molecule has 0 saturated heterocycles. The van der Waals surface area contributed by atoms with E-state index in [2.05, 4.69) is 10.6 Å². The van der Waals surface area contributed by atoms with Gasteiger partial charge in [0.2, 0.25) is 0 Å². The maximum Gasteiger partial charge on any atom is 0.271 e. The summed E-state index contributed by atoms with van der Waals surface area (Å²) in [4.78, 5) is 35.3. The van der Waals surface area contributed by atoms with E-state index in [0.717, 1.165) is 0 Å². The van der Waals surface area contributed by atoms with Crippen molar-refractivity contribution < 1.29 is 24.0 Å². The third kappa shape index (κ3) is 7.70. The summed E-state index contributed by atoms with van der Waals surface area (Å²) in [5, 5.41) is 26.2. The number of nitro groups is 1.